The number of hydrogen-bond donors (Lipinski definition) is 0. The number of ether oxygens (including phenoxy) is 1. The van der Waals surface area contributed by atoms with Gasteiger partial charge >= 0.3 is 0 Å². The van der Waals surface area contributed by atoms with Gasteiger partial charge in [-0.25, -0.2) is 0 Å². The smallest absolute Gasteiger partial charge is 0.161 e. The number of carbonyl (C=O) groups excluding carboxylic acids is 1. The first kappa shape index (κ1) is 11.4. The number of hydrogen-bond acceptors (Lipinski definition) is 2. The van der Waals surface area contributed by atoms with Gasteiger partial charge in [0.2, 0.25) is 0 Å². The number of allylic oxidation sites excluding steroid dienone is 1. The minimum Gasteiger partial charge on any atom is -0.374 e. The van der Waals surface area contributed by atoms with Crippen molar-refractivity contribution in [3.05, 3.63) is 12.2 Å². The lowest BCUT2D eigenvalue weighted by atomic mass is 10.1. The van der Waals surface area contributed by atoms with Crippen LogP contribution in [0.1, 0.15) is 33.1 Å². The fraction of sp³-hybridized carbons (Fsp3) is 0.700. The summed E-state index contributed by atoms with van der Waals surface area (Å²) in [4.78, 5) is 11.3. The zero-order valence-electron chi connectivity index (χ0n) is 8.22. The van der Waals surface area contributed by atoms with E-state index in [0.717, 1.165) is 18.4 Å². The molecule has 0 spiro atoms. The Balaban J connectivity index is 3.77. The van der Waals surface area contributed by atoms with E-state index >= 15 is 0 Å². The molecule has 0 heterocycles. The van der Waals surface area contributed by atoms with E-state index in [2.05, 4.69) is 6.58 Å². The van der Waals surface area contributed by atoms with Gasteiger partial charge in [-0.05, 0) is 19.8 Å². The van der Waals surface area contributed by atoms with E-state index in [1.54, 1.807) is 7.11 Å². The van der Waals surface area contributed by atoms with Crippen LogP contribution in [0.5, 0.6) is 0 Å². The predicted octanol–water partition coefficient (Wildman–Crippen LogP) is 2.34. The van der Waals surface area contributed by atoms with Gasteiger partial charge in [-0.15, -0.1) is 6.58 Å². The first-order chi connectivity index (χ1) is 5.61. The Kier molecular flexibility index (Phi) is 5.64. The Bertz CT molecular complexity index is 157. The third-order valence-corrected chi connectivity index (χ3v) is 1.81. The largest absolute Gasteiger partial charge is 0.374 e. The molecule has 0 rings (SSSR count). The molecule has 12 heavy (non-hydrogen) atoms. The molecule has 0 aromatic heterocycles. The number of rotatable bonds is 6. The highest BCUT2D eigenvalue weighted by Gasteiger charge is 2.14. The van der Waals surface area contributed by atoms with Gasteiger partial charge in [0.05, 0.1) is 0 Å². The summed E-state index contributed by atoms with van der Waals surface area (Å²) in [6.07, 6.45) is 1.87. The Morgan fingerprint density at radius 1 is 1.50 bits per heavy atom. The van der Waals surface area contributed by atoms with Crippen LogP contribution in [0.3, 0.4) is 0 Å². The van der Waals surface area contributed by atoms with E-state index < -0.39 is 0 Å². The fourth-order valence-electron chi connectivity index (χ4n) is 1.02. The number of Topliss-reactive ketones (excluding diaryl/α,β-unsaturated/α-hetero) is 1. The SMILES string of the molecule is C=C(C)CCC(=O)C(CC)OC. The van der Waals surface area contributed by atoms with Gasteiger partial charge in [0, 0.05) is 13.5 Å². The molecule has 0 aliphatic heterocycles. The van der Waals surface area contributed by atoms with Crippen molar-refractivity contribution < 1.29 is 9.53 Å². The zero-order valence-corrected chi connectivity index (χ0v) is 8.22. The molecule has 0 fully saturated rings. The first-order valence-corrected chi connectivity index (χ1v) is 4.31. The van der Waals surface area contributed by atoms with Crippen LogP contribution >= 0.6 is 0 Å². The predicted molar refractivity (Wildman–Crippen MR) is 50.1 cm³/mol. The highest BCUT2D eigenvalue weighted by molar-refractivity contribution is 5.83. The second-order valence-corrected chi connectivity index (χ2v) is 3.06. The summed E-state index contributed by atoms with van der Waals surface area (Å²) in [6, 6.07) is 0. The van der Waals surface area contributed by atoms with Gasteiger partial charge in [-0.3, -0.25) is 4.79 Å². The van der Waals surface area contributed by atoms with Gasteiger partial charge in [0.1, 0.15) is 6.10 Å². The summed E-state index contributed by atoms with van der Waals surface area (Å²) in [6.45, 7) is 7.63. The van der Waals surface area contributed by atoms with Crippen LogP contribution < -0.4 is 0 Å². The molecule has 0 aromatic rings. The third-order valence-electron chi connectivity index (χ3n) is 1.81. The standard InChI is InChI=1S/C10H18O2/c1-5-10(12-4)9(11)7-6-8(2)3/h10H,2,5-7H2,1,3-4H3. The highest BCUT2D eigenvalue weighted by Crippen LogP contribution is 2.07. The average molecular weight is 170 g/mol. The molecule has 2 nitrogen and oxygen atoms in total. The maximum atomic E-state index is 11.3. The van der Waals surface area contributed by atoms with Crippen LogP contribution in [-0.2, 0) is 9.53 Å². The molecule has 1 unspecified atom stereocenters. The monoisotopic (exact) mass is 170 g/mol. The van der Waals surface area contributed by atoms with Crippen LogP contribution in [0.25, 0.3) is 0 Å². The normalized spacial score (nSPS) is 12.6. The van der Waals surface area contributed by atoms with E-state index in [9.17, 15) is 4.79 Å². The molecule has 0 amide bonds. The molecule has 0 saturated heterocycles. The second-order valence-electron chi connectivity index (χ2n) is 3.06. The summed E-state index contributed by atoms with van der Waals surface area (Å²) in [5.41, 5.74) is 1.05. The molecule has 0 N–H and O–H groups in total. The van der Waals surface area contributed by atoms with E-state index in [1.165, 1.54) is 0 Å². The van der Waals surface area contributed by atoms with E-state index in [4.69, 9.17) is 4.74 Å². The van der Waals surface area contributed by atoms with Crippen molar-refractivity contribution in [1.82, 2.24) is 0 Å². The molecule has 0 aromatic carbocycles. The number of ketones is 1. The van der Waals surface area contributed by atoms with Crippen LogP contribution in [0.4, 0.5) is 0 Å². The van der Waals surface area contributed by atoms with Gasteiger partial charge < -0.3 is 4.74 Å². The van der Waals surface area contributed by atoms with Crippen molar-refractivity contribution in [3.8, 4) is 0 Å². The summed E-state index contributed by atoms with van der Waals surface area (Å²) < 4.78 is 5.01. The van der Waals surface area contributed by atoms with Gasteiger partial charge in [-0.2, -0.15) is 0 Å². The topological polar surface area (TPSA) is 26.3 Å². The average Bonchev–Trinajstić information content (AvgIpc) is 2.03. The minimum atomic E-state index is -0.218. The Hall–Kier alpha value is -0.630. The third kappa shape index (κ3) is 4.29. The first-order valence-electron chi connectivity index (χ1n) is 4.31. The van der Waals surface area contributed by atoms with Crippen molar-refractivity contribution in [2.24, 2.45) is 0 Å². The molecule has 0 bridgehead atoms. The number of methoxy groups -OCH3 is 1. The molecule has 0 radical (unpaired) electrons. The molecule has 0 aliphatic rings. The van der Waals surface area contributed by atoms with Crippen molar-refractivity contribution in [2.75, 3.05) is 7.11 Å². The molecule has 70 valence electrons. The highest BCUT2D eigenvalue weighted by atomic mass is 16.5. The van der Waals surface area contributed by atoms with Crippen LogP contribution in [0.2, 0.25) is 0 Å². The maximum Gasteiger partial charge on any atom is 0.161 e. The number of carbonyl (C=O) groups is 1. The summed E-state index contributed by atoms with van der Waals surface area (Å²) >= 11 is 0. The molecule has 0 aliphatic carbocycles. The van der Waals surface area contributed by atoms with Crippen molar-refractivity contribution in [1.29, 1.82) is 0 Å². The molecule has 0 saturated carbocycles. The van der Waals surface area contributed by atoms with Crippen molar-refractivity contribution >= 4 is 5.78 Å². The van der Waals surface area contributed by atoms with Gasteiger partial charge in [0.15, 0.2) is 5.78 Å². The fourth-order valence-corrected chi connectivity index (χ4v) is 1.02. The zero-order chi connectivity index (χ0) is 9.56. The lowest BCUT2D eigenvalue weighted by molar-refractivity contribution is -0.128. The van der Waals surface area contributed by atoms with Crippen molar-refractivity contribution in [3.63, 3.8) is 0 Å². The van der Waals surface area contributed by atoms with Crippen LogP contribution in [0, 0.1) is 0 Å². The van der Waals surface area contributed by atoms with E-state index in [0.29, 0.717) is 6.42 Å². The van der Waals surface area contributed by atoms with Crippen LogP contribution in [0.15, 0.2) is 12.2 Å². The van der Waals surface area contributed by atoms with Gasteiger partial charge in [0.25, 0.3) is 0 Å². The summed E-state index contributed by atoms with van der Waals surface area (Å²) in [5.74, 6) is 0.183. The maximum absolute atomic E-state index is 11.3. The second kappa shape index (κ2) is 5.95. The minimum absolute atomic E-state index is 0.183. The lowest BCUT2D eigenvalue weighted by Crippen LogP contribution is -2.21. The molecule has 1 atom stereocenters. The van der Waals surface area contributed by atoms with Gasteiger partial charge in [-0.1, -0.05) is 12.5 Å². The van der Waals surface area contributed by atoms with Crippen molar-refractivity contribution in [2.45, 2.75) is 39.2 Å². The Morgan fingerprint density at radius 3 is 2.42 bits per heavy atom. The van der Waals surface area contributed by atoms with Crippen LogP contribution in [-0.4, -0.2) is 19.0 Å². The Labute approximate surface area is 74.6 Å². The molecular weight excluding hydrogens is 152 g/mol. The van der Waals surface area contributed by atoms with E-state index in [-0.39, 0.29) is 11.9 Å². The Morgan fingerprint density at radius 2 is 2.08 bits per heavy atom. The van der Waals surface area contributed by atoms with E-state index in [1.807, 2.05) is 13.8 Å². The molecular formula is C10H18O2. The molecule has 2 heteroatoms. The quantitative estimate of drug-likeness (QED) is 0.572. The summed E-state index contributed by atoms with van der Waals surface area (Å²) in [5, 5.41) is 0. The lowest BCUT2D eigenvalue weighted by Gasteiger charge is -2.10. The summed E-state index contributed by atoms with van der Waals surface area (Å²) in [7, 11) is 1.58.